The predicted octanol–water partition coefficient (Wildman–Crippen LogP) is 5.58. The molecule has 3 aromatic rings. The lowest BCUT2D eigenvalue weighted by Crippen LogP contribution is -2.53. The number of rotatable bonds is 11. The van der Waals surface area contributed by atoms with Crippen LogP contribution in [0.4, 0.5) is 0 Å². The van der Waals surface area contributed by atoms with Gasteiger partial charge >= 0.3 is 0 Å². The zero-order chi connectivity index (χ0) is 25.2. The Morgan fingerprint density at radius 3 is 2.40 bits per heavy atom. The van der Waals surface area contributed by atoms with Crippen molar-refractivity contribution in [3.63, 3.8) is 0 Å². The molecule has 0 aliphatic carbocycles. The summed E-state index contributed by atoms with van der Waals surface area (Å²) in [5.74, 6) is 0.130. The Labute approximate surface area is 213 Å². The first-order valence-corrected chi connectivity index (χ1v) is 12.3. The highest BCUT2D eigenvalue weighted by Gasteiger charge is 2.31. The number of carbonyl (C=O) groups is 2. The van der Waals surface area contributed by atoms with Crippen molar-refractivity contribution < 1.29 is 14.3 Å². The monoisotopic (exact) mass is 492 g/mol. The standard InChI is InChI=1S/C29H33ClN2O3/c1-4-22(3)31-29(34)27(18-23-12-6-5-7-13-23)32(19-24-14-8-9-16-26(24)30)28(33)20-35-25-15-10-11-21(2)17-25/h5-17,22,27H,4,18-20H2,1-3H3,(H,31,34)/t22-,27-/m0/s1. The molecule has 0 aliphatic rings. The van der Waals surface area contributed by atoms with Gasteiger partial charge in [-0.1, -0.05) is 79.2 Å². The highest BCUT2D eigenvalue weighted by molar-refractivity contribution is 6.31. The van der Waals surface area contributed by atoms with E-state index in [4.69, 9.17) is 16.3 Å². The van der Waals surface area contributed by atoms with Gasteiger partial charge in [0, 0.05) is 24.0 Å². The Bertz CT molecular complexity index is 1120. The average molecular weight is 493 g/mol. The van der Waals surface area contributed by atoms with Crippen LogP contribution in [-0.2, 0) is 22.6 Å². The Morgan fingerprint density at radius 1 is 1.00 bits per heavy atom. The lowest BCUT2D eigenvalue weighted by atomic mass is 10.0. The summed E-state index contributed by atoms with van der Waals surface area (Å²) in [4.78, 5) is 28.6. The van der Waals surface area contributed by atoms with Gasteiger partial charge in [0.2, 0.25) is 5.91 Å². The summed E-state index contributed by atoms with van der Waals surface area (Å²) in [5, 5.41) is 3.61. The summed E-state index contributed by atoms with van der Waals surface area (Å²) in [5.41, 5.74) is 2.78. The second-order valence-corrected chi connectivity index (χ2v) is 9.15. The average Bonchev–Trinajstić information content (AvgIpc) is 2.86. The Morgan fingerprint density at radius 2 is 1.71 bits per heavy atom. The summed E-state index contributed by atoms with van der Waals surface area (Å²) in [6.45, 7) is 5.95. The maximum Gasteiger partial charge on any atom is 0.261 e. The van der Waals surface area contributed by atoms with E-state index in [1.807, 2.05) is 93.6 Å². The van der Waals surface area contributed by atoms with Crippen LogP contribution in [0.3, 0.4) is 0 Å². The van der Waals surface area contributed by atoms with Crippen LogP contribution in [0.25, 0.3) is 0 Å². The molecule has 0 spiro atoms. The number of aryl methyl sites for hydroxylation is 1. The summed E-state index contributed by atoms with van der Waals surface area (Å²) in [6, 6.07) is 23.9. The molecule has 0 fully saturated rings. The van der Waals surface area contributed by atoms with Crippen molar-refractivity contribution in [1.29, 1.82) is 0 Å². The van der Waals surface area contributed by atoms with Gasteiger partial charge in [-0.15, -0.1) is 0 Å². The van der Waals surface area contributed by atoms with E-state index >= 15 is 0 Å². The Kier molecular flexibility index (Phi) is 9.74. The molecule has 0 heterocycles. The molecule has 5 nitrogen and oxygen atoms in total. The molecule has 35 heavy (non-hydrogen) atoms. The molecule has 0 aromatic heterocycles. The van der Waals surface area contributed by atoms with Crippen molar-refractivity contribution in [1.82, 2.24) is 10.2 Å². The fraction of sp³-hybridized carbons (Fsp3) is 0.310. The molecule has 184 valence electrons. The summed E-state index contributed by atoms with van der Waals surface area (Å²) >= 11 is 6.44. The number of nitrogens with one attached hydrogen (secondary N) is 1. The zero-order valence-corrected chi connectivity index (χ0v) is 21.3. The third kappa shape index (κ3) is 7.86. The van der Waals surface area contributed by atoms with E-state index in [2.05, 4.69) is 5.32 Å². The fourth-order valence-electron chi connectivity index (χ4n) is 3.74. The highest BCUT2D eigenvalue weighted by atomic mass is 35.5. The van der Waals surface area contributed by atoms with Crippen molar-refractivity contribution in [3.05, 3.63) is 101 Å². The molecule has 0 bridgehead atoms. The molecule has 1 N–H and O–H groups in total. The minimum atomic E-state index is -0.726. The molecule has 0 saturated heterocycles. The van der Waals surface area contributed by atoms with Crippen LogP contribution in [0.15, 0.2) is 78.9 Å². The van der Waals surface area contributed by atoms with Crippen LogP contribution >= 0.6 is 11.6 Å². The molecule has 6 heteroatoms. The third-order valence-corrected chi connectivity index (χ3v) is 6.29. The van der Waals surface area contributed by atoms with Crippen LogP contribution in [-0.4, -0.2) is 35.4 Å². The number of ether oxygens (including phenoxy) is 1. The second-order valence-electron chi connectivity index (χ2n) is 8.74. The van der Waals surface area contributed by atoms with E-state index in [1.54, 1.807) is 11.0 Å². The van der Waals surface area contributed by atoms with Gasteiger partial charge in [-0.3, -0.25) is 9.59 Å². The van der Waals surface area contributed by atoms with Crippen molar-refractivity contribution >= 4 is 23.4 Å². The third-order valence-electron chi connectivity index (χ3n) is 5.92. The lowest BCUT2D eigenvalue weighted by Gasteiger charge is -2.32. The number of hydrogen-bond acceptors (Lipinski definition) is 3. The molecule has 2 amide bonds. The van der Waals surface area contributed by atoms with Crippen molar-refractivity contribution in [2.24, 2.45) is 0 Å². The molecule has 0 aliphatic heterocycles. The van der Waals surface area contributed by atoms with E-state index in [9.17, 15) is 9.59 Å². The van der Waals surface area contributed by atoms with Crippen LogP contribution in [0.1, 0.15) is 37.0 Å². The first-order chi connectivity index (χ1) is 16.9. The van der Waals surface area contributed by atoms with Gasteiger partial charge in [0.25, 0.3) is 5.91 Å². The van der Waals surface area contributed by atoms with E-state index in [0.717, 1.165) is 23.1 Å². The Hall–Kier alpha value is -3.31. The number of halogens is 1. The van der Waals surface area contributed by atoms with Crippen molar-refractivity contribution in [2.75, 3.05) is 6.61 Å². The fourth-order valence-corrected chi connectivity index (χ4v) is 3.93. The minimum Gasteiger partial charge on any atom is -0.484 e. The van der Waals surface area contributed by atoms with Gasteiger partial charge in [-0.2, -0.15) is 0 Å². The number of carbonyl (C=O) groups excluding carboxylic acids is 2. The topological polar surface area (TPSA) is 58.6 Å². The van der Waals surface area contributed by atoms with E-state index in [1.165, 1.54) is 0 Å². The van der Waals surface area contributed by atoms with Crippen LogP contribution in [0, 0.1) is 6.92 Å². The number of benzene rings is 3. The number of amides is 2. The molecule has 0 saturated carbocycles. The normalized spacial score (nSPS) is 12.5. The number of nitrogens with zero attached hydrogens (tertiary/aromatic N) is 1. The SMILES string of the molecule is CC[C@H](C)NC(=O)[C@H](Cc1ccccc1)N(Cc1ccccc1Cl)C(=O)COc1cccc(C)c1. The maximum atomic E-state index is 13.6. The van der Waals surface area contributed by atoms with Crippen LogP contribution < -0.4 is 10.1 Å². The minimum absolute atomic E-state index is 0.0124. The molecule has 0 unspecified atom stereocenters. The van der Waals surface area contributed by atoms with Crippen molar-refractivity contribution in [3.8, 4) is 5.75 Å². The Balaban J connectivity index is 1.92. The summed E-state index contributed by atoms with van der Waals surface area (Å²) < 4.78 is 5.82. The van der Waals surface area contributed by atoms with Gasteiger partial charge in [-0.25, -0.2) is 0 Å². The van der Waals surface area contributed by atoms with Crippen LogP contribution in [0.2, 0.25) is 5.02 Å². The van der Waals surface area contributed by atoms with Crippen LogP contribution in [0.5, 0.6) is 5.75 Å². The first kappa shape index (κ1) is 26.3. The first-order valence-electron chi connectivity index (χ1n) is 11.9. The summed E-state index contributed by atoms with van der Waals surface area (Å²) in [6.07, 6.45) is 1.17. The van der Waals surface area contributed by atoms with Gasteiger partial charge in [0.15, 0.2) is 6.61 Å². The van der Waals surface area contributed by atoms with Gasteiger partial charge < -0.3 is 15.0 Å². The van der Waals surface area contributed by atoms with Gasteiger partial charge in [0.05, 0.1) is 0 Å². The second kappa shape index (κ2) is 13.0. The quantitative estimate of drug-likeness (QED) is 0.380. The van der Waals surface area contributed by atoms with Gasteiger partial charge in [-0.05, 0) is 55.2 Å². The lowest BCUT2D eigenvalue weighted by molar-refractivity contribution is -0.143. The maximum absolute atomic E-state index is 13.6. The largest absolute Gasteiger partial charge is 0.484 e. The smallest absolute Gasteiger partial charge is 0.261 e. The molecule has 0 radical (unpaired) electrons. The zero-order valence-electron chi connectivity index (χ0n) is 20.5. The molecule has 3 aromatic carbocycles. The highest BCUT2D eigenvalue weighted by Crippen LogP contribution is 2.21. The van der Waals surface area contributed by atoms with E-state index < -0.39 is 6.04 Å². The summed E-state index contributed by atoms with van der Waals surface area (Å²) in [7, 11) is 0. The van der Waals surface area contributed by atoms with Gasteiger partial charge in [0.1, 0.15) is 11.8 Å². The number of hydrogen-bond donors (Lipinski definition) is 1. The molecular formula is C29H33ClN2O3. The molecular weight excluding hydrogens is 460 g/mol. The van der Waals surface area contributed by atoms with Crippen molar-refractivity contribution in [2.45, 2.75) is 52.2 Å². The molecule has 3 rings (SSSR count). The van der Waals surface area contributed by atoms with E-state index in [-0.39, 0.29) is 31.0 Å². The predicted molar refractivity (Wildman–Crippen MR) is 141 cm³/mol. The molecule has 2 atom stereocenters. The van der Waals surface area contributed by atoms with E-state index in [0.29, 0.717) is 17.2 Å².